The fourth-order valence-corrected chi connectivity index (χ4v) is 1.94. The number of nitrogens with zero attached hydrogens (tertiary/aromatic N) is 2. The van der Waals surface area contributed by atoms with E-state index in [1.165, 1.54) is 52.1 Å². The van der Waals surface area contributed by atoms with Crippen molar-refractivity contribution in [1.29, 1.82) is 0 Å². The van der Waals surface area contributed by atoms with Crippen LogP contribution in [0.4, 0.5) is 0 Å². The Morgan fingerprint density at radius 2 is 1.57 bits per heavy atom. The van der Waals surface area contributed by atoms with Gasteiger partial charge in [0.2, 0.25) is 0 Å². The molecule has 0 aliphatic carbocycles. The Hall–Kier alpha value is -0.0800. The van der Waals surface area contributed by atoms with Gasteiger partial charge in [0.05, 0.1) is 0 Å². The molecule has 1 heterocycles. The Labute approximate surface area is 89.3 Å². The zero-order chi connectivity index (χ0) is 10.4. The Morgan fingerprint density at radius 1 is 1.00 bits per heavy atom. The van der Waals surface area contributed by atoms with Crippen LogP contribution < -0.4 is 0 Å². The zero-order valence-corrected chi connectivity index (χ0v) is 10.1. The lowest BCUT2D eigenvalue weighted by molar-refractivity contribution is 0.132. The van der Waals surface area contributed by atoms with Gasteiger partial charge in [0.1, 0.15) is 0 Å². The van der Waals surface area contributed by atoms with Crippen molar-refractivity contribution >= 4 is 0 Å². The van der Waals surface area contributed by atoms with E-state index in [9.17, 15) is 0 Å². The first kappa shape index (κ1) is 12.0. The van der Waals surface area contributed by atoms with Crippen molar-refractivity contribution in [3.63, 3.8) is 0 Å². The minimum Gasteiger partial charge on any atom is -0.301 e. The second-order valence-corrected chi connectivity index (χ2v) is 4.58. The lowest BCUT2D eigenvalue weighted by Crippen LogP contribution is -2.46. The Kier molecular flexibility index (Phi) is 5.49. The number of hydrogen-bond donors (Lipinski definition) is 0. The van der Waals surface area contributed by atoms with Gasteiger partial charge in [0.25, 0.3) is 0 Å². The molecule has 1 rings (SSSR count). The Balaban J connectivity index is 2.10. The average Bonchev–Trinajstić information content (AvgIpc) is 2.26. The quantitative estimate of drug-likeness (QED) is 0.667. The molecule has 0 bridgehead atoms. The zero-order valence-electron chi connectivity index (χ0n) is 10.1. The number of rotatable bonds is 5. The maximum atomic E-state index is 2.62. The van der Waals surface area contributed by atoms with Crippen molar-refractivity contribution in [2.75, 3.05) is 39.3 Å². The highest BCUT2D eigenvalue weighted by atomic mass is 15.3. The summed E-state index contributed by atoms with van der Waals surface area (Å²) in [5, 5.41) is 0. The molecule has 0 radical (unpaired) electrons. The van der Waals surface area contributed by atoms with Crippen molar-refractivity contribution in [2.24, 2.45) is 5.92 Å². The van der Waals surface area contributed by atoms with E-state index < -0.39 is 0 Å². The van der Waals surface area contributed by atoms with Crippen molar-refractivity contribution in [3.05, 3.63) is 0 Å². The van der Waals surface area contributed by atoms with Gasteiger partial charge in [0.15, 0.2) is 0 Å². The van der Waals surface area contributed by atoms with Crippen molar-refractivity contribution in [2.45, 2.75) is 33.6 Å². The van der Waals surface area contributed by atoms with Gasteiger partial charge in [-0.15, -0.1) is 0 Å². The van der Waals surface area contributed by atoms with Gasteiger partial charge in [-0.25, -0.2) is 0 Å². The van der Waals surface area contributed by atoms with Crippen LogP contribution in [0, 0.1) is 5.92 Å². The fourth-order valence-electron chi connectivity index (χ4n) is 1.94. The number of piperazine rings is 1. The minimum atomic E-state index is 0.902. The van der Waals surface area contributed by atoms with Gasteiger partial charge >= 0.3 is 0 Å². The van der Waals surface area contributed by atoms with E-state index in [1.807, 2.05) is 0 Å². The summed E-state index contributed by atoms with van der Waals surface area (Å²) in [6.45, 7) is 14.6. The van der Waals surface area contributed by atoms with E-state index >= 15 is 0 Å². The Bertz CT molecular complexity index is 139. The third-order valence-electron chi connectivity index (χ3n) is 3.55. The molecule has 1 aliphatic rings. The van der Waals surface area contributed by atoms with E-state index in [0.29, 0.717) is 0 Å². The summed E-state index contributed by atoms with van der Waals surface area (Å²) in [5.41, 5.74) is 0. The van der Waals surface area contributed by atoms with E-state index in [4.69, 9.17) is 0 Å². The molecule has 0 aromatic heterocycles. The second kappa shape index (κ2) is 6.41. The van der Waals surface area contributed by atoms with Gasteiger partial charge in [0, 0.05) is 26.2 Å². The smallest absolute Gasteiger partial charge is 0.0110 e. The maximum absolute atomic E-state index is 2.62. The van der Waals surface area contributed by atoms with E-state index in [-0.39, 0.29) is 0 Å². The molecule has 1 aliphatic heterocycles. The highest BCUT2D eigenvalue weighted by Crippen LogP contribution is 2.09. The third-order valence-corrected chi connectivity index (χ3v) is 3.55. The van der Waals surface area contributed by atoms with Gasteiger partial charge < -0.3 is 9.80 Å². The molecule has 1 fully saturated rings. The van der Waals surface area contributed by atoms with Crippen molar-refractivity contribution in [1.82, 2.24) is 9.80 Å². The van der Waals surface area contributed by atoms with Crippen LogP contribution in [0.1, 0.15) is 33.6 Å². The molecule has 1 unspecified atom stereocenters. The molecule has 2 heteroatoms. The summed E-state index contributed by atoms with van der Waals surface area (Å²) >= 11 is 0. The van der Waals surface area contributed by atoms with Gasteiger partial charge in [-0.2, -0.15) is 0 Å². The summed E-state index contributed by atoms with van der Waals surface area (Å²) in [7, 11) is 0. The van der Waals surface area contributed by atoms with Gasteiger partial charge in [-0.3, -0.25) is 0 Å². The molecule has 0 aromatic rings. The molecule has 0 N–H and O–H groups in total. The van der Waals surface area contributed by atoms with E-state index in [2.05, 4.69) is 30.6 Å². The van der Waals surface area contributed by atoms with E-state index in [1.54, 1.807) is 0 Å². The summed E-state index contributed by atoms with van der Waals surface area (Å²) in [6, 6.07) is 0. The predicted molar refractivity (Wildman–Crippen MR) is 62.6 cm³/mol. The summed E-state index contributed by atoms with van der Waals surface area (Å²) in [4.78, 5) is 5.16. The summed E-state index contributed by atoms with van der Waals surface area (Å²) in [5.74, 6) is 0.902. The normalized spacial score (nSPS) is 22.5. The molecule has 0 amide bonds. The van der Waals surface area contributed by atoms with Crippen LogP contribution in [0.25, 0.3) is 0 Å². The van der Waals surface area contributed by atoms with Gasteiger partial charge in [-0.1, -0.05) is 27.2 Å². The average molecular weight is 198 g/mol. The number of likely N-dealkylation sites (N-methyl/N-ethyl adjacent to an activating group) is 1. The molecule has 1 saturated heterocycles. The van der Waals surface area contributed by atoms with E-state index in [0.717, 1.165) is 5.92 Å². The molecular weight excluding hydrogens is 172 g/mol. The SMILES string of the molecule is CCC(C)CCN1CCN(CC)CC1. The standard InChI is InChI=1S/C12H26N2/c1-4-12(3)6-7-14-10-8-13(5-2)9-11-14/h12H,4-11H2,1-3H3. The van der Waals surface area contributed by atoms with Crippen molar-refractivity contribution in [3.8, 4) is 0 Å². The highest BCUT2D eigenvalue weighted by molar-refractivity contribution is 4.71. The summed E-state index contributed by atoms with van der Waals surface area (Å²) in [6.07, 6.45) is 2.71. The maximum Gasteiger partial charge on any atom is 0.0110 e. The second-order valence-electron chi connectivity index (χ2n) is 4.58. The van der Waals surface area contributed by atoms with Crippen LogP contribution in [-0.2, 0) is 0 Å². The first-order valence-corrected chi connectivity index (χ1v) is 6.21. The molecule has 84 valence electrons. The van der Waals surface area contributed by atoms with Crippen molar-refractivity contribution < 1.29 is 0 Å². The first-order valence-electron chi connectivity index (χ1n) is 6.21. The highest BCUT2D eigenvalue weighted by Gasteiger charge is 2.15. The monoisotopic (exact) mass is 198 g/mol. The van der Waals surface area contributed by atoms with Crippen LogP contribution in [0.5, 0.6) is 0 Å². The lowest BCUT2D eigenvalue weighted by Gasteiger charge is -2.34. The molecule has 1 atom stereocenters. The topological polar surface area (TPSA) is 6.48 Å². The first-order chi connectivity index (χ1) is 6.76. The molecule has 0 spiro atoms. The van der Waals surface area contributed by atoms with Crippen LogP contribution in [0.2, 0.25) is 0 Å². The largest absolute Gasteiger partial charge is 0.301 e. The molecular formula is C12H26N2. The third kappa shape index (κ3) is 3.97. The van der Waals surface area contributed by atoms with Crippen LogP contribution >= 0.6 is 0 Å². The number of hydrogen-bond acceptors (Lipinski definition) is 2. The molecule has 2 nitrogen and oxygen atoms in total. The summed E-state index contributed by atoms with van der Waals surface area (Å²) < 4.78 is 0. The molecule has 14 heavy (non-hydrogen) atoms. The molecule has 0 saturated carbocycles. The van der Waals surface area contributed by atoms with Crippen LogP contribution in [-0.4, -0.2) is 49.1 Å². The lowest BCUT2D eigenvalue weighted by atomic mass is 10.0. The minimum absolute atomic E-state index is 0.902. The van der Waals surface area contributed by atoms with Crippen LogP contribution in [0.3, 0.4) is 0 Å². The molecule has 0 aromatic carbocycles. The Morgan fingerprint density at radius 3 is 2.07 bits per heavy atom. The fraction of sp³-hybridized carbons (Fsp3) is 1.00. The van der Waals surface area contributed by atoms with Gasteiger partial charge in [-0.05, 0) is 25.4 Å². The predicted octanol–water partition coefficient (Wildman–Crippen LogP) is 2.06. The van der Waals surface area contributed by atoms with Crippen LogP contribution in [0.15, 0.2) is 0 Å².